The molecule has 0 fully saturated rings. The average Bonchev–Trinajstić information content (AvgIpc) is 2.78. The van der Waals surface area contributed by atoms with Crippen LogP contribution < -0.4 is 10.6 Å². The molecule has 0 spiro atoms. The average molecular weight is 272 g/mol. The van der Waals surface area contributed by atoms with Crippen LogP contribution in [-0.2, 0) is 16.4 Å². The highest BCUT2D eigenvalue weighted by Crippen LogP contribution is 1.88. The Bertz CT molecular complexity index is 465. The van der Waals surface area contributed by atoms with Crippen LogP contribution >= 0.6 is 0 Å². The van der Waals surface area contributed by atoms with Gasteiger partial charge in [0.25, 0.3) is 0 Å². The van der Waals surface area contributed by atoms with E-state index in [1.165, 1.54) is 6.26 Å². The van der Waals surface area contributed by atoms with E-state index >= 15 is 0 Å². The standard InChI is InChI=1S/C11H20N4O2S/c1-12-11(14-6-10-18(2,16)17)13-5-9-15-7-3-4-8-15/h3-4,7-8H,5-6,9-10H2,1-2H3,(H2,12,13,14). The minimum atomic E-state index is -2.93. The lowest BCUT2D eigenvalue weighted by atomic mass is 10.6. The number of rotatable bonds is 6. The zero-order valence-corrected chi connectivity index (χ0v) is 11.6. The summed E-state index contributed by atoms with van der Waals surface area (Å²) in [6.45, 7) is 1.93. The zero-order valence-electron chi connectivity index (χ0n) is 10.8. The predicted octanol–water partition coefficient (Wildman–Crippen LogP) is -0.302. The topological polar surface area (TPSA) is 75.5 Å². The van der Waals surface area contributed by atoms with Gasteiger partial charge in [-0.05, 0) is 12.1 Å². The van der Waals surface area contributed by atoms with Gasteiger partial charge in [0.1, 0.15) is 9.84 Å². The third-order valence-electron chi connectivity index (χ3n) is 2.32. The monoisotopic (exact) mass is 272 g/mol. The Morgan fingerprint density at radius 2 is 1.83 bits per heavy atom. The van der Waals surface area contributed by atoms with E-state index in [0.29, 0.717) is 12.5 Å². The summed E-state index contributed by atoms with van der Waals surface area (Å²) in [5.74, 6) is 0.719. The van der Waals surface area contributed by atoms with Crippen molar-refractivity contribution in [2.75, 3.05) is 32.1 Å². The molecule has 0 atom stereocenters. The second kappa shape index (κ2) is 7.05. The van der Waals surface area contributed by atoms with Crippen molar-refractivity contribution in [2.24, 2.45) is 4.99 Å². The van der Waals surface area contributed by atoms with Gasteiger partial charge in [0.2, 0.25) is 0 Å². The summed E-state index contributed by atoms with van der Waals surface area (Å²) < 4.78 is 24.0. The Morgan fingerprint density at radius 1 is 1.22 bits per heavy atom. The molecule has 0 aliphatic heterocycles. The molecular weight excluding hydrogens is 252 g/mol. The Morgan fingerprint density at radius 3 is 2.39 bits per heavy atom. The van der Waals surface area contributed by atoms with Gasteiger partial charge in [-0.2, -0.15) is 0 Å². The highest BCUT2D eigenvalue weighted by atomic mass is 32.2. The second-order valence-electron chi connectivity index (χ2n) is 3.98. The summed E-state index contributed by atoms with van der Waals surface area (Å²) in [6.07, 6.45) is 5.19. The smallest absolute Gasteiger partial charge is 0.191 e. The maximum Gasteiger partial charge on any atom is 0.191 e. The normalized spacial score (nSPS) is 12.4. The molecule has 1 aromatic rings. The van der Waals surface area contributed by atoms with E-state index in [-0.39, 0.29) is 5.75 Å². The van der Waals surface area contributed by atoms with Crippen molar-refractivity contribution in [3.63, 3.8) is 0 Å². The lowest BCUT2D eigenvalue weighted by Crippen LogP contribution is -2.40. The summed E-state index contributed by atoms with van der Waals surface area (Å²) in [5, 5.41) is 6.07. The van der Waals surface area contributed by atoms with Crippen LogP contribution in [0.15, 0.2) is 29.5 Å². The van der Waals surface area contributed by atoms with Crippen LogP contribution in [-0.4, -0.2) is 51.1 Å². The van der Waals surface area contributed by atoms with E-state index in [0.717, 1.165) is 13.1 Å². The highest BCUT2D eigenvalue weighted by molar-refractivity contribution is 7.90. The summed E-state index contributed by atoms with van der Waals surface area (Å²) in [7, 11) is -1.28. The van der Waals surface area contributed by atoms with Gasteiger partial charge in [-0.25, -0.2) is 8.42 Å². The van der Waals surface area contributed by atoms with Crippen molar-refractivity contribution in [3.05, 3.63) is 24.5 Å². The molecule has 7 heteroatoms. The van der Waals surface area contributed by atoms with Gasteiger partial charge in [0.15, 0.2) is 5.96 Å². The fraction of sp³-hybridized carbons (Fsp3) is 0.545. The molecule has 0 aliphatic carbocycles. The van der Waals surface area contributed by atoms with E-state index in [2.05, 4.69) is 20.2 Å². The van der Waals surface area contributed by atoms with Crippen LogP contribution in [0.1, 0.15) is 0 Å². The summed E-state index contributed by atoms with van der Waals surface area (Å²) in [5.41, 5.74) is 0. The molecule has 18 heavy (non-hydrogen) atoms. The number of nitrogens with one attached hydrogen (secondary N) is 2. The molecular formula is C11H20N4O2S. The van der Waals surface area contributed by atoms with Gasteiger partial charge in [-0.1, -0.05) is 0 Å². The Balaban J connectivity index is 2.22. The third-order valence-corrected chi connectivity index (χ3v) is 3.26. The van der Waals surface area contributed by atoms with Gasteiger partial charge in [-0.15, -0.1) is 0 Å². The SMILES string of the molecule is CN=C(NCCn1cccc1)NCCS(C)(=O)=O. The Hall–Kier alpha value is -1.50. The lowest BCUT2D eigenvalue weighted by molar-refractivity contribution is 0.600. The lowest BCUT2D eigenvalue weighted by Gasteiger charge is -2.11. The largest absolute Gasteiger partial charge is 0.355 e. The van der Waals surface area contributed by atoms with Crippen LogP contribution in [0.2, 0.25) is 0 Å². The van der Waals surface area contributed by atoms with Gasteiger partial charge < -0.3 is 15.2 Å². The zero-order chi connectivity index (χ0) is 13.4. The summed E-state index contributed by atoms with van der Waals surface area (Å²) >= 11 is 0. The molecule has 1 aromatic heterocycles. The van der Waals surface area contributed by atoms with Gasteiger partial charge in [0, 0.05) is 45.3 Å². The summed E-state index contributed by atoms with van der Waals surface area (Å²) in [4.78, 5) is 4.02. The van der Waals surface area contributed by atoms with Crippen LogP contribution in [0.25, 0.3) is 0 Å². The first-order valence-electron chi connectivity index (χ1n) is 5.74. The fourth-order valence-corrected chi connectivity index (χ4v) is 1.87. The molecule has 0 aromatic carbocycles. The van der Waals surface area contributed by atoms with Crippen molar-refractivity contribution in [3.8, 4) is 0 Å². The van der Waals surface area contributed by atoms with E-state index in [1.54, 1.807) is 7.05 Å². The van der Waals surface area contributed by atoms with E-state index < -0.39 is 9.84 Å². The molecule has 6 nitrogen and oxygen atoms in total. The van der Waals surface area contributed by atoms with Crippen molar-refractivity contribution < 1.29 is 8.42 Å². The fourth-order valence-electron chi connectivity index (χ4n) is 1.40. The maximum atomic E-state index is 11.0. The minimum absolute atomic E-state index is 0.102. The molecule has 0 amide bonds. The number of aromatic nitrogens is 1. The number of hydrogen-bond donors (Lipinski definition) is 2. The molecule has 0 bridgehead atoms. The molecule has 0 aliphatic rings. The van der Waals surface area contributed by atoms with Gasteiger partial charge in [0.05, 0.1) is 5.75 Å². The first kappa shape index (κ1) is 14.6. The Kier molecular flexibility index (Phi) is 5.70. The van der Waals surface area contributed by atoms with Crippen LogP contribution in [0.3, 0.4) is 0 Å². The van der Waals surface area contributed by atoms with Crippen molar-refractivity contribution in [1.29, 1.82) is 0 Å². The van der Waals surface area contributed by atoms with E-state index in [9.17, 15) is 8.42 Å². The number of nitrogens with zero attached hydrogens (tertiary/aromatic N) is 2. The molecule has 2 N–H and O–H groups in total. The third kappa shape index (κ3) is 6.29. The quantitative estimate of drug-likeness (QED) is 0.550. The first-order valence-corrected chi connectivity index (χ1v) is 7.80. The molecule has 0 saturated heterocycles. The molecule has 1 rings (SSSR count). The molecule has 0 radical (unpaired) electrons. The minimum Gasteiger partial charge on any atom is -0.355 e. The number of guanidine groups is 1. The molecule has 1 heterocycles. The van der Waals surface area contributed by atoms with Gasteiger partial charge in [-0.3, -0.25) is 4.99 Å². The maximum absolute atomic E-state index is 11.0. The van der Waals surface area contributed by atoms with E-state index in [4.69, 9.17) is 0 Å². The summed E-state index contributed by atoms with van der Waals surface area (Å²) in [6, 6.07) is 3.94. The van der Waals surface area contributed by atoms with Crippen molar-refractivity contribution in [1.82, 2.24) is 15.2 Å². The van der Waals surface area contributed by atoms with Crippen molar-refractivity contribution in [2.45, 2.75) is 6.54 Å². The van der Waals surface area contributed by atoms with Crippen molar-refractivity contribution >= 4 is 15.8 Å². The number of aliphatic imine (C=N–C) groups is 1. The predicted molar refractivity (Wildman–Crippen MR) is 73.5 cm³/mol. The first-order chi connectivity index (χ1) is 8.51. The Labute approximate surface area is 108 Å². The number of hydrogen-bond acceptors (Lipinski definition) is 3. The molecule has 0 unspecified atom stereocenters. The second-order valence-corrected chi connectivity index (χ2v) is 6.24. The van der Waals surface area contributed by atoms with E-state index in [1.807, 2.05) is 24.5 Å². The van der Waals surface area contributed by atoms with Crippen LogP contribution in [0.5, 0.6) is 0 Å². The van der Waals surface area contributed by atoms with Gasteiger partial charge >= 0.3 is 0 Å². The van der Waals surface area contributed by atoms with Crippen LogP contribution in [0, 0.1) is 0 Å². The highest BCUT2D eigenvalue weighted by Gasteiger charge is 2.02. The molecule has 0 saturated carbocycles. The number of sulfone groups is 1. The van der Waals surface area contributed by atoms with Crippen LogP contribution in [0.4, 0.5) is 0 Å². The molecule has 102 valence electrons.